The van der Waals surface area contributed by atoms with Crippen molar-refractivity contribution in [2.75, 3.05) is 0 Å². The molecule has 1 N–H and O–H groups in total. The molecule has 0 radical (unpaired) electrons. The number of hydrogen-bond acceptors (Lipinski definition) is 3. The smallest absolute Gasteiger partial charge is 0.309 e. The first-order valence-corrected chi connectivity index (χ1v) is 11.1. The van der Waals surface area contributed by atoms with Crippen LogP contribution in [-0.4, -0.2) is 22.8 Å². The van der Waals surface area contributed by atoms with E-state index in [1.54, 1.807) is 12.1 Å². The van der Waals surface area contributed by atoms with Gasteiger partial charge in [-0.3, -0.25) is 4.79 Å². The van der Waals surface area contributed by atoms with E-state index < -0.39 is 23.6 Å². The molecule has 2 aliphatic heterocycles. The Morgan fingerprint density at radius 3 is 2.55 bits per heavy atom. The average molecular weight is 427 g/mol. The van der Waals surface area contributed by atoms with Gasteiger partial charge in [0.1, 0.15) is 17.2 Å². The van der Waals surface area contributed by atoms with Crippen molar-refractivity contribution in [3.63, 3.8) is 0 Å². The molecule has 0 bridgehead atoms. The van der Waals surface area contributed by atoms with E-state index >= 15 is 0 Å². The number of rotatable bonds is 5. The lowest BCUT2D eigenvalue weighted by Gasteiger charge is -2.50. The minimum absolute atomic E-state index is 0.0504. The number of aryl methyl sites for hydroxylation is 1. The van der Waals surface area contributed by atoms with Gasteiger partial charge in [0.25, 0.3) is 0 Å². The molecule has 0 aliphatic carbocycles. The zero-order valence-electron chi connectivity index (χ0n) is 18.6. The third-order valence-electron chi connectivity index (χ3n) is 6.86. The van der Waals surface area contributed by atoms with Crippen LogP contribution < -0.4 is 4.74 Å². The van der Waals surface area contributed by atoms with Crippen molar-refractivity contribution in [3.8, 4) is 5.75 Å². The summed E-state index contributed by atoms with van der Waals surface area (Å²) in [4.78, 5) is 12.1. The van der Waals surface area contributed by atoms with E-state index in [0.29, 0.717) is 25.2 Å². The van der Waals surface area contributed by atoms with Crippen LogP contribution in [0.15, 0.2) is 42.5 Å². The lowest BCUT2D eigenvalue weighted by Crippen LogP contribution is -2.52. The summed E-state index contributed by atoms with van der Waals surface area (Å²) in [6.45, 7) is 8.34. The minimum Gasteiger partial charge on any atom is -0.487 e. The summed E-state index contributed by atoms with van der Waals surface area (Å²) in [6.07, 6.45) is 1.11. The molecule has 2 aromatic rings. The van der Waals surface area contributed by atoms with Gasteiger partial charge in [-0.1, -0.05) is 32.0 Å². The van der Waals surface area contributed by atoms with Crippen molar-refractivity contribution in [2.24, 2.45) is 11.8 Å². The quantitative estimate of drug-likeness (QED) is 0.647. The van der Waals surface area contributed by atoms with E-state index in [1.165, 1.54) is 17.7 Å². The summed E-state index contributed by atoms with van der Waals surface area (Å²) in [5, 5.41) is 9.94. The Morgan fingerprint density at radius 2 is 1.90 bits per heavy atom. The maximum absolute atomic E-state index is 13.2. The number of aliphatic carboxylic acids is 1. The van der Waals surface area contributed by atoms with Gasteiger partial charge in [0.15, 0.2) is 0 Å². The van der Waals surface area contributed by atoms with E-state index in [1.807, 2.05) is 19.9 Å². The number of hydrogen-bond donors (Lipinski definition) is 1. The van der Waals surface area contributed by atoms with Gasteiger partial charge in [0, 0.05) is 11.5 Å². The maximum atomic E-state index is 13.2. The fourth-order valence-corrected chi connectivity index (χ4v) is 4.95. The summed E-state index contributed by atoms with van der Waals surface area (Å²) in [6, 6.07) is 12.6. The molecule has 4 rings (SSSR count). The largest absolute Gasteiger partial charge is 0.487 e. The van der Waals surface area contributed by atoms with Crippen molar-refractivity contribution >= 4 is 5.97 Å². The Kier molecular flexibility index (Phi) is 5.82. The first-order chi connectivity index (χ1) is 14.7. The van der Waals surface area contributed by atoms with Crippen molar-refractivity contribution in [2.45, 2.75) is 70.7 Å². The highest BCUT2D eigenvalue weighted by Crippen LogP contribution is 2.52. The van der Waals surface area contributed by atoms with Crippen LogP contribution in [0.5, 0.6) is 5.75 Å². The molecule has 2 heterocycles. The van der Waals surface area contributed by atoms with Crippen LogP contribution in [0.2, 0.25) is 0 Å². The molecule has 1 saturated heterocycles. The van der Waals surface area contributed by atoms with Gasteiger partial charge in [0.05, 0.1) is 18.1 Å². The molecule has 0 unspecified atom stereocenters. The van der Waals surface area contributed by atoms with Crippen LogP contribution in [0.25, 0.3) is 0 Å². The zero-order valence-corrected chi connectivity index (χ0v) is 18.6. The average Bonchev–Trinajstić information content (AvgIpc) is 2.72. The molecule has 166 valence electrons. The fourth-order valence-electron chi connectivity index (χ4n) is 4.95. The first-order valence-electron chi connectivity index (χ1n) is 11.1. The number of benzene rings is 2. The van der Waals surface area contributed by atoms with E-state index in [0.717, 1.165) is 16.9 Å². The third kappa shape index (κ3) is 4.33. The van der Waals surface area contributed by atoms with Crippen molar-refractivity contribution < 1.29 is 23.8 Å². The predicted octanol–water partition coefficient (Wildman–Crippen LogP) is 5.90. The normalized spacial score (nSPS) is 26.6. The molecule has 0 aromatic heterocycles. The predicted molar refractivity (Wildman–Crippen MR) is 117 cm³/mol. The number of carbonyl (C=O) groups is 1. The molecule has 0 saturated carbocycles. The van der Waals surface area contributed by atoms with Gasteiger partial charge in [0.2, 0.25) is 0 Å². The Bertz CT molecular complexity index is 950. The molecular weight excluding hydrogens is 395 g/mol. The number of carboxylic acid groups (broad SMARTS) is 1. The van der Waals surface area contributed by atoms with Gasteiger partial charge in [-0.2, -0.15) is 0 Å². The molecule has 5 heteroatoms. The van der Waals surface area contributed by atoms with E-state index in [4.69, 9.17) is 9.47 Å². The molecule has 0 spiro atoms. The van der Waals surface area contributed by atoms with Crippen LogP contribution >= 0.6 is 0 Å². The second kappa shape index (κ2) is 8.27. The third-order valence-corrected chi connectivity index (χ3v) is 6.86. The van der Waals surface area contributed by atoms with Gasteiger partial charge in [-0.05, 0) is 74.4 Å². The number of fused-ring (bicyclic) bond motifs is 3. The number of halogens is 1. The van der Waals surface area contributed by atoms with Crippen LogP contribution in [0.4, 0.5) is 4.39 Å². The highest BCUT2D eigenvalue weighted by atomic mass is 19.1. The zero-order chi connectivity index (χ0) is 22.3. The number of ether oxygens (including phenoxy) is 2. The SMILES string of the molecule is CC(C)c1ccc2c(c1)[C@H]1O[C@@H](CCc3ccc(F)cc3)[C@H](C(=O)O)C[C@@H]1C(C)(C)O2. The van der Waals surface area contributed by atoms with Crippen LogP contribution in [0.1, 0.15) is 69.2 Å². The van der Waals surface area contributed by atoms with Crippen LogP contribution in [0.3, 0.4) is 0 Å². The highest BCUT2D eigenvalue weighted by molar-refractivity contribution is 5.71. The van der Waals surface area contributed by atoms with Gasteiger partial charge in [-0.25, -0.2) is 4.39 Å². The summed E-state index contributed by atoms with van der Waals surface area (Å²) in [5.74, 6) is -0.555. The van der Waals surface area contributed by atoms with E-state index in [2.05, 4.69) is 26.0 Å². The Hall–Kier alpha value is -2.40. The maximum Gasteiger partial charge on any atom is 0.309 e. The van der Waals surface area contributed by atoms with Gasteiger partial charge >= 0.3 is 5.97 Å². The standard InChI is InChI=1S/C26H31FO4/c1-15(2)17-8-12-23-19(13-17)24-21(26(3,4)31-23)14-20(25(28)29)22(30-24)11-7-16-5-9-18(27)10-6-16/h5-6,8-10,12-13,15,20-22,24H,7,11,14H2,1-4H3,(H,28,29)/t20-,21+,22+,24-/m1/s1. The van der Waals surface area contributed by atoms with Gasteiger partial charge in [-0.15, -0.1) is 0 Å². The van der Waals surface area contributed by atoms with E-state index in [9.17, 15) is 14.3 Å². The summed E-state index contributed by atoms with van der Waals surface area (Å²) < 4.78 is 26.1. The monoisotopic (exact) mass is 426 g/mol. The summed E-state index contributed by atoms with van der Waals surface area (Å²) in [5.41, 5.74) is 2.69. The fraction of sp³-hybridized carbons (Fsp3) is 0.500. The van der Waals surface area contributed by atoms with Crippen molar-refractivity contribution in [1.82, 2.24) is 0 Å². The molecule has 4 nitrogen and oxygen atoms in total. The van der Waals surface area contributed by atoms with Crippen LogP contribution in [-0.2, 0) is 16.0 Å². The lowest BCUT2D eigenvalue weighted by molar-refractivity contribution is -0.188. The van der Waals surface area contributed by atoms with E-state index in [-0.39, 0.29) is 17.8 Å². The van der Waals surface area contributed by atoms with Crippen molar-refractivity contribution in [1.29, 1.82) is 0 Å². The first kappa shape index (κ1) is 21.8. The minimum atomic E-state index is -0.833. The second-order valence-electron chi connectivity index (χ2n) is 9.70. The number of carboxylic acids is 1. The lowest BCUT2D eigenvalue weighted by atomic mass is 9.71. The van der Waals surface area contributed by atoms with Crippen LogP contribution in [0, 0.1) is 17.7 Å². The molecular formula is C26H31FO4. The Balaban J connectivity index is 1.64. The second-order valence-corrected chi connectivity index (χ2v) is 9.70. The molecule has 1 fully saturated rings. The topological polar surface area (TPSA) is 55.8 Å². The Labute approximate surface area is 183 Å². The van der Waals surface area contributed by atoms with Gasteiger partial charge < -0.3 is 14.6 Å². The van der Waals surface area contributed by atoms with Crippen molar-refractivity contribution in [3.05, 3.63) is 65.0 Å². The molecule has 2 aliphatic rings. The molecule has 0 amide bonds. The highest BCUT2D eigenvalue weighted by Gasteiger charge is 2.52. The molecule has 31 heavy (non-hydrogen) atoms. The Morgan fingerprint density at radius 1 is 1.19 bits per heavy atom. The molecule has 4 atom stereocenters. The molecule has 2 aromatic carbocycles. The summed E-state index contributed by atoms with van der Waals surface area (Å²) >= 11 is 0. The summed E-state index contributed by atoms with van der Waals surface area (Å²) in [7, 11) is 0.